The maximum Gasteiger partial charge on any atom is 0.348 e. The molecule has 8 heteroatoms. The number of nitrogens with zero attached hydrogens (tertiary/aromatic N) is 2. The number of hydrogen-bond acceptors (Lipinski definition) is 5. The highest BCUT2D eigenvalue weighted by Gasteiger charge is 2.16. The van der Waals surface area contributed by atoms with Gasteiger partial charge in [0.2, 0.25) is 0 Å². The van der Waals surface area contributed by atoms with Crippen molar-refractivity contribution in [2.75, 3.05) is 5.32 Å². The zero-order valence-electron chi connectivity index (χ0n) is 15.0. The minimum Gasteiger partial charge on any atom is -0.508 e. The molecule has 0 saturated heterocycles. The van der Waals surface area contributed by atoms with E-state index in [9.17, 15) is 19.8 Å². The van der Waals surface area contributed by atoms with Crippen molar-refractivity contribution in [1.29, 1.82) is 0 Å². The monoisotopic (exact) mass is 388 g/mol. The number of aromatic nitrogens is 3. The summed E-state index contributed by atoms with van der Waals surface area (Å²) in [5.41, 5.74) is 1.38. The van der Waals surface area contributed by atoms with E-state index in [1.54, 1.807) is 48.5 Å². The largest absolute Gasteiger partial charge is 0.508 e. The van der Waals surface area contributed by atoms with Crippen LogP contribution in [0.15, 0.2) is 77.6 Å². The lowest BCUT2D eigenvalue weighted by atomic mass is 10.1. The van der Waals surface area contributed by atoms with Crippen LogP contribution in [0.2, 0.25) is 0 Å². The molecule has 0 unspecified atom stereocenters. The number of benzene rings is 3. The third-order valence-electron chi connectivity index (χ3n) is 4.31. The van der Waals surface area contributed by atoms with Crippen LogP contribution in [0.5, 0.6) is 11.5 Å². The van der Waals surface area contributed by atoms with Gasteiger partial charge in [-0.3, -0.25) is 4.79 Å². The Morgan fingerprint density at radius 3 is 2.38 bits per heavy atom. The smallest absolute Gasteiger partial charge is 0.348 e. The van der Waals surface area contributed by atoms with E-state index in [2.05, 4.69) is 15.5 Å². The third kappa shape index (κ3) is 3.59. The number of aromatic hydroxyl groups is 2. The summed E-state index contributed by atoms with van der Waals surface area (Å²) in [7, 11) is 0. The highest BCUT2D eigenvalue weighted by molar-refractivity contribution is 6.04. The number of amides is 1. The fraction of sp³-hybridized carbons (Fsp3) is 0. The molecule has 1 amide bonds. The SMILES string of the molecule is O=C(Nc1ccc(-n2c(-c3ccc(O)cc3O)n[nH]c2=O)cc1)c1ccccc1. The van der Waals surface area contributed by atoms with E-state index in [4.69, 9.17) is 0 Å². The highest BCUT2D eigenvalue weighted by atomic mass is 16.3. The van der Waals surface area contributed by atoms with E-state index in [1.165, 1.54) is 22.8 Å². The minimum atomic E-state index is -0.492. The Balaban J connectivity index is 1.64. The van der Waals surface area contributed by atoms with E-state index in [1.807, 2.05) is 6.07 Å². The molecule has 1 heterocycles. The number of phenols is 2. The van der Waals surface area contributed by atoms with Crippen LogP contribution >= 0.6 is 0 Å². The predicted molar refractivity (Wildman–Crippen MR) is 107 cm³/mol. The quantitative estimate of drug-likeness (QED) is 0.428. The lowest BCUT2D eigenvalue weighted by Gasteiger charge is -2.09. The van der Waals surface area contributed by atoms with E-state index >= 15 is 0 Å². The summed E-state index contributed by atoms with van der Waals surface area (Å²) in [6.45, 7) is 0. The molecule has 3 aromatic carbocycles. The summed E-state index contributed by atoms with van der Waals surface area (Å²) in [5.74, 6) is -0.367. The number of carbonyl (C=O) groups excluding carboxylic acids is 1. The molecule has 144 valence electrons. The number of aromatic amines is 1. The molecule has 0 aliphatic carbocycles. The maximum absolute atomic E-state index is 12.3. The van der Waals surface area contributed by atoms with Gasteiger partial charge in [-0.05, 0) is 48.5 Å². The second kappa shape index (κ2) is 7.35. The maximum atomic E-state index is 12.3. The zero-order chi connectivity index (χ0) is 20.4. The molecule has 0 spiro atoms. The molecule has 0 saturated carbocycles. The van der Waals surface area contributed by atoms with Crippen LogP contribution in [-0.2, 0) is 0 Å². The van der Waals surface area contributed by atoms with Gasteiger partial charge in [0.1, 0.15) is 11.5 Å². The minimum absolute atomic E-state index is 0.103. The second-order valence-corrected chi connectivity index (χ2v) is 6.26. The van der Waals surface area contributed by atoms with Crippen molar-refractivity contribution in [3.63, 3.8) is 0 Å². The van der Waals surface area contributed by atoms with Gasteiger partial charge in [-0.1, -0.05) is 18.2 Å². The van der Waals surface area contributed by atoms with Crippen LogP contribution in [0.1, 0.15) is 10.4 Å². The van der Waals surface area contributed by atoms with Gasteiger partial charge in [-0.25, -0.2) is 14.5 Å². The zero-order valence-corrected chi connectivity index (χ0v) is 15.0. The first-order valence-corrected chi connectivity index (χ1v) is 8.69. The molecule has 0 bridgehead atoms. The topological polar surface area (TPSA) is 120 Å². The molecule has 0 radical (unpaired) electrons. The Kier molecular flexibility index (Phi) is 4.58. The average molecular weight is 388 g/mol. The van der Waals surface area contributed by atoms with Crippen molar-refractivity contribution < 1.29 is 15.0 Å². The Labute approximate surface area is 164 Å². The summed E-state index contributed by atoms with van der Waals surface area (Å²) in [5, 5.41) is 28.7. The molecule has 0 aliphatic rings. The molecule has 29 heavy (non-hydrogen) atoms. The first kappa shape index (κ1) is 18.1. The van der Waals surface area contributed by atoms with Crippen LogP contribution in [0.3, 0.4) is 0 Å². The van der Waals surface area contributed by atoms with Crippen LogP contribution in [0.4, 0.5) is 5.69 Å². The summed E-state index contributed by atoms with van der Waals surface area (Å²) in [6, 6.07) is 19.5. The summed E-state index contributed by atoms with van der Waals surface area (Å²) >= 11 is 0. The summed E-state index contributed by atoms with van der Waals surface area (Å²) < 4.78 is 1.29. The Hall–Kier alpha value is -4.33. The molecule has 4 aromatic rings. The fourth-order valence-electron chi connectivity index (χ4n) is 2.91. The number of H-pyrrole nitrogens is 1. The van der Waals surface area contributed by atoms with Gasteiger partial charge < -0.3 is 15.5 Å². The average Bonchev–Trinajstić information content (AvgIpc) is 3.10. The van der Waals surface area contributed by atoms with Crippen molar-refractivity contribution in [3.8, 4) is 28.6 Å². The van der Waals surface area contributed by atoms with E-state index in [0.717, 1.165) is 0 Å². The van der Waals surface area contributed by atoms with E-state index in [-0.39, 0.29) is 28.8 Å². The van der Waals surface area contributed by atoms with Crippen molar-refractivity contribution in [2.45, 2.75) is 0 Å². The number of phenolic OH excluding ortho intramolecular Hbond substituents is 2. The highest BCUT2D eigenvalue weighted by Crippen LogP contribution is 2.31. The predicted octanol–water partition coefficient (Wildman–Crippen LogP) is 2.89. The molecular weight excluding hydrogens is 372 g/mol. The van der Waals surface area contributed by atoms with Crippen molar-refractivity contribution in [1.82, 2.24) is 14.8 Å². The Morgan fingerprint density at radius 2 is 1.69 bits per heavy atom. The Morgan fingerprint density at radius 1 is 0.966 bits per heavy atom. The molecule has 0 aliphatic heterocycles. The molecule has 4 rings (SSSR count). The van der Waals surface area contributed by atoms with Crippen molar-refractivity contribution in [3.05, 3.63) is 88.8 Å². The molecular formula is C21H16N4O4. The first-order valence-electron chi connectivity index (χ1n) is 8.69. The normalized spacial score (nSPS) is 10.6. The van der Waals surface area contributed by atoms with Crippen LogP contribution in [-0.4, -0.2) is 30.9 Å². The molecule has 4 N–H and O–H groups in total. The number of rotatable bonds is 4. The lowest BCUT2D eigenvalue weighted by molar-refractivity contribution is 0.102. The first-order chi connectivity index (χ1) is 14.0. The van der Waals surface area contributed by atoms with Gasteiger partial charge in [0.15, 0.2) is 5.82 Å². The number of anilines is 1. The number of nitrogens with one attached hydrogen (secondary N) is 2. The van der Waals surface area contributed by atoms with Gasteiger partial charge in [-0.2, -0.15) is 5.10 Å². The Bertz CT molecular complexity index is 1230. The van der Waals surface area contributed by atoms with Gasteiger partial charge in [-0.15, -0.1) is 0 Å². The molecule has 8 nitrogen and oxygen atoms in total. The van der Waals surface area contributed by atoms with Crippen LogP contribution < -0.4 is 11.0 Å². The molecule has 1 aromatic heterocycles. The van der Waals surface area contributed by atoms with Gasteiger partial charge in [0.05, 0.1) is 11.3 Å². The van der Waals surface area contributed by atoms with Gasteiger partial charge in [0, 0.05) is 17.3 Å². The van der Waals surface area contributed by atoms with Crippen LogP contribution in [0.25, 0.3) is 17.1 Å². The summed E-state index contributed by atoms with van der Waals surface area (Å²) in [4.78, 5) is 24.5. The third-order valence-corrected chi connectivity index (χ3v) is 4.31. The molecule has 0 atom stereocenters. The lowest BCUT2D eigenvalue weighted by Crippen LogP contribution is -2.16. The second-order valence-electron chi connectivity index (χ2n) is 6.26. The van der Waals surface area contributed by atoms with Gasteiger partial charge in [0.25, 0.3) is 5.91 Å². The van der Waals surface area contributed by atoms with Crippen LogP contribution in [0, 0.1) is 0 Å². The summed E-state index contributed by atoms with van der Waals surface area (Å²) in [6.07, 6.45) is 0. The van der Waals surface area contributed by atoms with E-state index in [0.29, 0.717) is 16.9 Å². The number of carbonyl (C=O) groups is 1. The fourth-order valence-corrected chi connectivity index (χ4v) is 2.91. The van der Waals surface area contributed by atoms with Crippen molar-refractivity contribution in [2.24, 2.45) is 0 Å². The van der Waals surface area contributed by atoms with E-state index < -0.39 is 5.69 Å². The number of hydrogen-bond donors (Lipinski definition) is 4. The van der Waals surface area contributed by atoms with Crippen molar-refractivity contribution >= 4 is 11.6 Å². The standard InChI is InChI=1S/C21H16N4O4/c26-16-10-11-17(18(27)12-16)19-23-24-21(29)25(19)15-8-6-14(7-9-15)22-20(28)13-4-2-1-3-5-13/h1-12,26-27H,(H,22,28)(H,24,29). The van der Waals surface area contributed by atoms with Gasteiger partial charge >= 0.3 is 5.69 Å². The molecule has 0 fully saturated rings.